The Morgan fingerprint density at radius 1 is 0.914 bits per heavy atom. The molecular weight excluding hydrogens is 440 g/mol. The lowest BCUT2D eigenvalue weighted by molar-refractivity contribution is 0.262. The van der Waals surface area contributed by atoms with Gasteiger partial charge in [0.05, 0.1) is 0 Å². The molecule has 0 saturated heterocycles. The van der Waals surface area contributed by atoms with Gasteiger partial charge in [0.25, 0.3) is 0 Å². The van der Waals surface area contributed by atoms with Crippen LogP contribution < -0.4 is 20.1 Å². The molecule has 2 aromatic carbocycles. The standard InChI is InChI=1S/C28H28N4O3/c1-28(2,3)23-12-4-5-14-25(23)35-26-24(13-8-16-30-26)32-27(33)31-21-10-6-11-22(17-21)34-19-20-9-7-15-29-18-20/h4-18H,19H2,1-3H3,(H2,31,32,33). The molecule has 4 aromatic rings. The van der Waals surface area contributed by atoms with E-state index in [1.807, 2.05) is 48.5 Å². The van der Waals surface area contributed by atoms with Crippen molar-refractivity contribution in [2.75, 3.05) is 10.6 Å². The van der Waals surface area contributed by atoms with E-state index in [9.17, 15) is 4.79 Å². The fourth-order valence-corrected chi connectivity index (χ4v) is 3.45. The molecule has 2 heterocycles. The first kappa shape index (κ1) is 23.8. The maximum absolute atomic E-state index is 12.7. The molecule has 7 heteroatoms. The number of benzene rings is 2. The number of nitrogens with zero attached hydrogens (tertiary/aromatic N) is 2. The average molecular weight is 469 g/mol. The highest BCUT2D eigenvalue weighted by Crippen LogP contribution is 2.35. The maximum Gasteiger partial charge on any atom is 0.323 e. The van der Waals surface area contributed by atoms with Gasteiger partial charge in [0.15, 0.2) is 0 Å². The number of urea groups is 1. The zero-order valence-corrected chi connectivity index (χ0v) is 20.0. The monoisotopic (exact) mass is 468 g/mol. The van der Waals surface area contributed by atoms with Crippen LogP contribution in [0, 0.1) is 0 Å². The number of anilines is 2. The van der Waals surface area contributed by atoms with Gasteiger partial charge in [-0.1, -0.05) is 51.1 Å². The number of amides is 2. The highest BCUT2D eigenvalue weighted by Gasteiger charge is 2.20. The van der Waals surface area contributed by atoms with Crippen molar-refractivity contribution in [2.45, 2.75) is 32.8 Å². The lowest BCUT2D eigenvalue weighted by Crippen LogP contribution is -2.20. The second-order valence-corrected chi connectivity index (χ2v) is 8.96. The second kappa shape index (κ2) is 10.7. The Morgan fingerprint density at radius 2 is 1.74 bits per heavy atom. The number of nitrogens with one attached hydrogen (secondary N) is 2. The van der Waals surface area contributed by atoms with Gasteiger partial charge in [0, 0.05) is 41.5 Å². The minimum absolute atomic E-state index is 0.111. The van der Waals surface area contributed by atoms with Crippen molar-refractivity contribution in [3.8, 4) is 17.4 Å². The van der Waals surface area contributed by atoms with E-state index in [0.29, 0.717) is 35.4 Å². The van der Waals surface area contributed by atoms with Crippen LogP contribution in [0.2, 0.25) is 0 Å². The fraction of sp³-hybridized carbons (Fsp3) is 0.179. The lowest BCUT2D eigenvalue weighted by atomic mass is 9.86. The topological polar surface area (TPSA) is 85.4 Å². The SMILES string of the molecule is CC(C)(C)c1ccccc1Oc1ncccc1NC(=O)Nc1cccc(OCc2cccnc2)c1. The van der Waals surface area contributed by atoms with Crippen LogP contribution in [0.4, 0.5) is 16.2 Å². The minimum Gasteiger partial charge on any atom is -0.489 e. The fourth-order valence-electron chi connectivity index (χ4n) is 3.45. The molecule has 2 amide bonds. The van der Waals surface area contributed by atoms with E-state index in [2.05, 4.69) is 41.4 Å². The molecule has 2 N–H and O–H groups in total. The molecule has 0 fully saturated rings. The summed E-state index contributed by atoms with van der Waals surface area (Å²) in [5.74, 6) is 1.64. The average Bonchev–Trinajstić information content (AvgIpc) is 2.84. The summed E-state index contributed by atoms with van der Waals surface area (Å²) in [5, 5.41) is 5.66. The van der Waals surface area contributed by atoms with E-state index in [-0.39, 0.29) is 5.41 Å². The van der Waals surface area contributed by atoms with Crippen molar-refractivity contribution in [3.63, 3.8) is 0 Å². The largest absolute Gasteiger partial charge is 0.489 e. The van der Waals surface area contributed by atoms with Gasteiger partial charge in [0.1, 0.15) is 23.8 Å². The van der Waals surface area contributed by atoms with Crippen LogP contribution >= 0.6 is 0 Å². The molecule has 0 aliphatic heterocycles. The van der Waals surface area contributed by atoms with Crippen molar-refractivity contribution in [2.24, 2.45) is 0 Å². The Balaban J connectivity index is 1.43. The van der Waals surface area contributed by atoms with Crippen molar-refractivity contribution in [3.05, 3.63) is 103 Å². The number of para-hydroxylation sites is 1. The lowest BCUT2D eigenvalue weighted by Gasteiger charge is -2.22. The van der Waals surface area contributed by atoms with Crippen LogP contribution in [-0.2, 0) is 12.0 Å². The first-order chi connectivity index (χ1) is 16.9. The summed E-state index contributed by atoms with van der Waals surface area (Å²) < 4.78 is 11.9. The smallest absolute Gasteiger partial charge is 0.323 e. The summed E-state index contributed by atoms with van der Waals surface area (Å²) in [6.45, 7) is 6.74. The van der Waals surface area contributed by atoms with Gasteiger partial charge >= 0.3 is 6.03 Å². The number of hydrogen-bond acceptors (Lipinski definition) is 5. The Bertz CT molecular complexity index is 1290. The number of pyridine rings is 2. The highest BCUT2D eigenvalue weighted by atomic mass is 16.5. The summed E-state index contributed by atoms with van der Waals surface area (Å²) in [5.41, 5.74) is 2.94. The Kier molecular flexibility index (Phi) is 7.26. The first-order valence-corrected chi connectivity index (χ1v) is 11.3. The van der Waals surface area contributed by atoms with E-state index in [1.165, 1.54) is 0 Å². The molecule has 0 aliphatic rings. The third-order valence-corrected chi connectivity index (χ3v) is 5.14. The van der Waals surface area contributed by atoms with Crippen molar-refractivity contribution in [1.29, 1.82) is 0 Å². The first-order valence-electron chi connectivity index (χ1n) is 11.3. The number of carbonyl (C=O) groups is 1. The molecule has 0 saturated carbocycles. The van der Waals surface area contributed by atoms with Gasteiger partial charge in [-0.2, -0.15) is 0 Å². The van der Waals surface area contributed by atoms with Gasteiger partial charge in [-0.15, -0.1) is 0 Å². The minimum atomic E-state index is -0.420. The number of rotatable bonds is 7. The summed E-state index contributed by atoms with van der Waals surface area (Å²) >= 11 is 0. The summed E-state index contributed by atoms with van der Waals surface area (Å²) in [6, 6.07) is 21.9. The van der Waals surface area contributed by atoms with Crippen molar-refractivity contribution in [1.82, 2.24) is 9.97 Å². The Hall–Kier alpha value is -4.39. The third-order valence-electron chi connectivity index (χ3n) is 5.14. The molecule has 0 aliphatic carbocycles. The van der Waals surface area contributed by atoms with E-state index >= 15 is 0 Å². The molecule has 0 atom stereocenters. The van der Waals surface area contributed by atoms with Crippen LogP contribution in [0.25, 0.3) is 0 Å². The summed E-state index contributed by atoms with van der Waals surface area (Å²) in [7, 11) is 0. The van der Waals surface area contributed by atoms with Crippen molar-refractivity contribution >= 4 is 17.4 Å². The number of ether oxygens (including phenoxy) is 2. The Morgan fingerprint density at radius 3 is 2.54 bits per heavy atom. The van der Waals surface area contributed by atoms with Crippen LogP contribution in [0.3, 0.4) is 0 Å². The highest BCUT2D eigenvalue weighted by molar-refractivity contribution is 6.00. The number of hydrogen-bond donors (Lipinski definition) is 2. The van der Waals surface area contributed by atoms with Crippen LogP contribution in [0.5, 0.6) is 17.4 Å². The molecule has 178 valence electrons. The molecule has 4 rings (SSSR count). The van der Waals surface area contributed by atoms with E-state index in [1.54, 1.807) is 42.9 Å². The van der Waals surface area contributed by atoms with Crippen LogP contribution in [0.1, 0.15) is 31.9 Å². The molecule has 0 unspecified atom stereocenters. The van der Waals surface area contributed by atoms with Gasteiger partial charge < -0.3 is 20.1 Å². The van der Waals surface area contributed by atoms with Gasteiger partial charge in [-0.05, 0) is 41.8 Å². The molecular formula is C28H28N4O3. The van der Waals surface area contributed by atoms with Gasteiger partial charge in [-0.25, -0.2) is 9.78 Å². The molecule has 0 spiro atoms. The molecule has 0 radical (unpaired) electrons. The normalized spacial score (nSPS) is 10.9. The summed E-state index contributed by atoms with van der Waals surface area (Å²) in [4.78, 5) is 21.2. The van der Waals surface area contributed by atoms with Crippen molar-refractivity contribution < 1.29 is 14.3 Å². The summed E-state index contributed by atoms with van der Waals surface area (Å²) in [6.07, 6.45) is 5.10. The molecule has 2 aromatic heterocycles. The van der Waals surface area contributed by atoms with E-state index in [0.717, 1.165) is 11.1 Å². The predicted octanol–water partition coefficient (Wildman–Crippen LogP) is 6.79. The predicted molar refractivity (Wildman–Crippen MR) is 137 cm³/mol. The van der Waals surface area contributed by atoms with E-state index < -0.39 is 6.03 Å². The van der Waals surface area contributed by atoms with E-state index in [4.69, 9.17) is 9.47 Å². The third kappa shape index (κ3) is 6.57. The van der Waals surface area contributed by atoms with Crippen LogP contribution in [0.15, 0.2) is 91.4 Å². The Labute approximate surface area is 205 Å². The van der Waals surface area contributed by atoms with Gasteiger partial charge in [-0.3, -0.25) is 4.98 Å². The quantitative estimate of drug-likeness (QED) is 0.312. The molecule has 35 heavy (non-hydrogen) atoms. The second-order valence-electron chi connectivity index (χ2n) is 8.96. The zero-order chi connectivity index (χ0) is 24.7. The maximum atomic E-state index is 12.7. The molecule has 7 nitrogen and oxygen atoms in total. The molecule has 0 bridgehead atoms. The number of carbonyl (C=O) groups excluding carboxylic acids is 1. The number of aromatic nitrogens is 2. The van der Waals surface area contributed by atoms with Gasteiger partial charge in [0.2, 0.25) is 5.88 Å². The van der Waals surface area contributed by atoms with Crippen LogP contribution in [-0.4, -0.2) is 16.0 Å². The zero-order valence-electron chi connectivity index (χ0n) is 20.0.